The molecule has 0 saturated heterocycles. The van der Waals surface area contributed by atoms with Gasteiger partial charge in [0.15, 0.2) is 6.10 Å². The van der Waals surface area contributed by atoms with E-state index in [1.54, 1.807) is 30.3 Å². The van der Waals surface area contributed by atoms with Gasteiger partial charge in [0.2, 0.25) is 0 Å². The van der Waals surface area contributed by atoms with Gasteiger partial charge < -0.3 is 9.84 Å². The predicted molar refractivity (Wildman–Crippen MR) is 88.9 cm³/mol. The van der Waals surface area contributed by atoms with Crippen molar-refractivity contribution in [2.75, 3.05) is 6.61 Å². The van der Waals surface area contributed by atoms with Gasteiger partial charge in [-0.05, 0) is 17.7 Å². The number of aliphatic hydroxyl groups excluding tert-OH is 1. The molecule has 0 aliphatic carbocycles. The van der Waals surface area contributed by atoms with E-state index in [2.05, 4.69) is 0 Å². The third-order valence-corrected chi connectivity index (χ3v) is 4.26. The van der Waals surface area contributed by atoms with Crippen LogP contribution in [-0.2, 0) is 11.3 Å². The molecule has 2 aromatic rings. The highest BCUT2D eigenvalue weighted by Gasteiger charge is 2.51. The molecule has 0 bridgehead atoms. The number of carbonyl (C=O) groups is 2. The van der Waals surface area contributed by atoms with Gasteiger partial charge in [-0.15, -0.1) is 0 Å². The molecule has 1 aliphatic rings. The van der Waals surface area contributed by atoms with Gasteiger partial charge in [0.1, 0.15) is 0 Å². The first-order valence-corrected chi connectivity index (χ1v) is 8.14. The Morgan fingerprint density at radius 2 is 1.44 bits per heavy atom. The third-order valence-electron chi connectivity index (χ3n) is 4.26. The fraction of sp³-hybridized carbons (Fsp3) is 0.263. The summed E-state index contributed by atoms with van der Waals surface area (Å²) in [5.74, 6) is -1.76. The number of hydrogen-bond donors (Lipinski definition) is 1. The zero-order chi connectivity index (χ0) is 19.6. The molecule has 2 atom stereocenters. The van der Waals surface area contributed by atoms with E-state index in [0.29, 0.717) is 10.5 Å². The van der Waals surface area contributed by atoms with Crippen LogP contribution in [0.1, 0.15) is 26.3 Å². The number of rotatable bonds is 6. The van der Waals surface area contributed by atoms with Crippen molar-refractivity contribution in [1.82, 2.24) is 4.90 Å². The molecule has 8 heteroatoms. The summed E-state index contributed by atoms with van der Waals surface area (Å²) >= 11 is 0. The van der Waals surface area contributed by atoms with E-state index in [0.717, 1.165) is 0 Å². The van der Waals surface area contributed by atoms with Crippen LogP contribution in [0.5, 0.6) is 0 Å². The Morgan fingerprint density at radius 1 is 0.926 bits per heavy atom. The van der Waals surface area contributed by atoms with Crippen molar-refractivity contribution in [1.29, 1.82) is 0 Å². The van der Waals surface area contributed by atoms with Crippen molar-refractivity contribution in [3.8, 4) is 0 Å². The van der Waals surface area contributed by atoms with E-state index in [-0.39, 0.29) is 17.7 Å². The van der Waals surface area contributed by atoms with Gasteiger partial charge in [-0.25, -0.2) is 0 Å². The summed E-state index contributed by atoms with van der Waals surface area (Å²) in [4.78, 5) is 25.4. The third kappa shape index (κ3) is 3.86. The lowest BCUT2D eigenvalue weighted by molar-refractivity contribution is -0.221. The highest BCUT2D eigenvalue weighted by molar-refractivity contribution is 6.21. The minimum absolute atomic E-state index is 0.00457. The highest BCUT2D eigenvalue weighted by atomic mass is 19.4. The van der Waals surface area contributed by atoms with Crippen molar-refractivity contribution >= 4 is 11.8 Å². The Hall–Kier alpha value is -2.71. The van der Waals surface area contributed by atoms with Crippen LogP contribution in [-0.4, -0.2) is 46.7 Å². The van der Waals surface area contributed by atoms with Gasteiger partial charge in [0.05, 0.1) is 30.4 Å². The lowest BCUT2D eigenvalue weighted by Crippen LogP contribution is -2.54. The second-order valence-corrected chi connectivity index (χ2v) is 6.08. The molecule has 0 spiro atoms. The monoisotopic (exact) mass is 379 g/mol. The molecule has 1 aliphatic heterocycles. The molecule has 3 rings (SSSR count). The van der Waals surface area contributed by atoms with E-state index in [4.69, 9.17) is 4.74 Å². The average molecular weight is 379 g/mol. The number of ether oxygens (including phenoxy) is 1. The van der Waals surface area contributed by atoms with Gasteiger partial charge in [-0.2, -0.15) is 13.2 Å². The number of halogens is 3. The topological polar surface area (TPSA) is 66.8 Å². The lowest BCUT2D eigenvalue weighted by atomic mass is 10.1. The Bertz CT molecular complexity index is 803. The van der Waals surface area contributed by atoms with Gasteiger partial charge >= 0.3 is 6.18 Å². The number of benzene rings is 2. The molecule has 0 aromatic heterocycles. The maximum Gasteiger partial charge on any atom is 0.416 e. The molecule has 2 amide bonds. The summed E-state index contributed by atoms with van der Waals surface area (Å²) in [7, 11) is 0. The lowest BCUT2D eigenvalue weighted by Gasteiger charge is -2.31. The number of carbonyl (C=O) groups excluding carboxylic acids is 2. The van der Waals surface area contributed by atoms with E-state index in [9.17, 15) is 27.9 Å². The van der Waals surface area contributed by atoms with Crippen molar-refractivity contribution in [2.24, 2.45) is 0 Å². The number of imide groups is 1. The van der Waals surface area contributed by atoms with Crippen LogP contribution in [0.25, 0.3) is 0 Å². The molecule has 0 fully saturated rings. The summed E-state index contributed by atoms with van der Waals surface area (Å²) in [5.41, 5.74) is 0.718. The number of alkyl halides is 3. The van der Waals surface area contributed by atoms with E-state index >= 15 is 0 Å². The van der Waals surface area contributed by atoms with Crippen LogP contribution in [0.4, 0.5) is 13.2 Å². The van der Waals surface area contributed by atoms with Gasteiger partial charge in [-0.1, -0.05) is 42.5 Å². The quantitative estimate of drug-likeness (QED) is 0.784. The Kier molecular flexibility index (Phi) is 5.29. The normalized spacial score (nSPS) is 16.4. The van der Waals surface area contributed by atoms with Crippen molar-refractivity contribution in [3.63, 3.8) is 0 Å². The predicted octanol–water partition coefficient (Wildman–Crippen LogP) is 2.79. The second-order valence-electron chi connectivity index (χ2n) is 6.08. The summed E-state index contributed by atoms with van der Waals surface area (Å²) in [5, 5.41) is 9.77. The van der Waals surface area contributed by atoms with Gasteiger partial charge in [0.25, 0.3) is 11.8 Å². The van der Waals surface area contributed by atoms with Crippen LogP contribution in [0, 0.1) is 0 Å². The molecule has 27 heavy (non-hydrogen) atoms. The Balaban J connectivity index is 1.82. The van der Waals surface area contributed by atoms with Crippen LogP contribution in [0.15, 0.2) is 54.6 Å². The number of aliphatic hydroxyl groups is 1. The Morgan fingerprint density at radius 3 is 1.96 bits per heavy atom. The maximum absolute atomic E-state index is 13.1. The first-order chi connectivity index (χ1) is 12.8. The fourth-order valence-corrected chi connectivity index (χ4v) is 2.91. The zero-order valence-electron chi connectivity index (χ0n) is 14.0. The van der Waals surface area contributed by atoms with Crippen LogP contribution in [0.2, 0.25) is 0 Å². The average Bonchev–Trinajstić information content (AvgIpc) is 2.90. The molecule has 0 saturated carbocycles. The number of amides is 2. The number of fused-ring (bicyclic) bond motifs is 1. The van der Waals surface area contributed by atoms with Crippen molar-refractivity contribution in [2.45, 2.75) is 24.9 Å². The standard InChI is InChI=1S/C19H16F3NO4/c20-19(21,22)16(24)15(11-27-10-12-6-2-1-3-7-12)23-17(25)13-8-4-5-9-14(13)18(23)26/h1-9,15-16,24H,10-11H2/t15-,16-/m0/s1. The molecule has 0 unspecified atom stereocenters. The van der Waals surface area contributed by atoms with E-state index in [1.165, 1.54) is 24.3 Å². The van der Waals surface area contributed by atoms with Crippen molar-refractivity contribution in [3.05, 3.63) is 71.3 Å². The van der Waals surface area contributed by atoms with Crippen LogP contribution >= 0.6 is 0 Å². The minimum atomic E-state index is -5.02. The Labute approximate surface area is 153 Å². The molecule has 0 radical (unpaired) electrons. The summed E-state index contributed by atoms with van der Waals surface area (Å²) < 4.78 is 44.7. The minimum Gasteiger partial charge on any atom is -0.382 e. The molecule has 142 valence electrons. The smallest absolute Gasteiger partial charge is 0.382 e. The summed E-state index contributed by atoms with van der Waals surface area (Å²) in [6.45, 7) is -0.674. The molecule has 1 N–H and O–H groups in total. The van der Waals surface area contributed by atoms with Gasteiger partial charge in [0, 0.05) is 0 Å². The first kappa shape index (κ1) is 19.1. The molecule has 2 aromatic carbocycles. The largest absolute Gasteiger partial charge is 0.416 e. The molecular formula is C19H16F3NO4. The van der Waals surface area contributed by atoms with E-state index in [1.807, 2.05) is 0 Å². The van der Waals surface area contributed by atoms with Crippen molar-refractivity contribution < 1.29 is 32.6 Å². The first-order valence-electron chi connectivity index (χ1n) is 8.14. The number of nitrogens with zero attached hydrogens (tertiary/aromatic N) is 1. The SMILES string of the molecule is O=C1c2ccccc2C(=O)N1[C@@H](COCc1ccccc1)[C@H](O)C(F)(F)F. The molecule has 1 heterocycles. The molecular weight excluding hydrogens is 363 g/mol. The van der Waals surface area contributed by atoms with E-state index < -0.39 is 36.7 Å². The van der Waals surface area contributed by atoms with Crippen LogP contribution in [0.3, 0.4) is 0 Å². The zero-order valence-corrected chi connectivity index (χ0v) is 14.0. The maximum atomic E-state index is 13.1. The van der Waals surface area contributed by atoms with Gasteiger partial charge in [-0.3, -0.25) is 14.5 Å². The highest BCUT2D eigenvalue weighted by Crippen LogP contribution is 2.31. The fourth-order valence-electron chi connectivity index (χ4n) is 2.91. The summed E-state index contributed by atoms with van der Waals surface area (Å²) in [6.07, 6.45) is -7.94. The second kappa shape index (κ2) is 7.50. The molecule has 5 nitrogen and oxygen atoms in total. The summed E-state index contributed by atoms with van der Waals surface area (Å²) in [6, 6.07) is 12.5. The number of hydrogen-bond acceptors (Lipinski definition) is 4. The van der Waals surface area contributed by atoms with Crippen LogP contribution < -0.4 is 0 Å².